The zero-order chi connectivity index (χ0) is 19.9. The summed E-state index contributed by atoms with van der Waals surface area (Å²) in [6, 6.07) is 13.7. The molecule has 3 rings (SSSR count). The van der Waals surface area contributed by atoms with Crippen LogP contribution in [0, 0.1) is 6.92 Å². The van der Waals surface area contributed by atoms with Gasteiger partial charge in [0.15, 0.2) is 0 Å². The number of aryl methyl sites for hydroxylation is 1. The van der Waals surface area contributed by atoms with Crippen LogP contribution in [-0.2, 0) is 11.3 Å². The minimum Gasteiger partial charge on any atom is -0.395 e. The van der Waals surface area contributed by atoms with Gasteiger partial charge in [0.25, 0.3) is 5.91 Å². The zero-order valence-corrected chi connectivity index (χ0v) is 16.2. The first kappa shape index (κ1) is 19.6. The van der Waals surface area contributed by atoms with Gasteiger partial charge in [0.2, 0.25) is 0 Å². The molecule has 0 saturated heterocycles. The predicted molar refractivity (Wildman–Crippen MR) is 112 cm³/mol. The second-order valence-electron chi connectivity index (χ2n) is 6.50. The van der Waals surface area contributed by atoms with Gasteiger partial charge in [0.1, 0.15) is 6.54 Å². The van der Waals surface area contributed by atoms with Crippen LogP contribution in [0.2, 0.25) is 0 Å². The smallest absolute Gasteiger partial charge is 0.260 e. The number of nitrogens with one attached hydrogen (secondary N) is 1. The maximum absolute atomic E-state index is 12.2. The van der Waals surface area contributed by atoms with Crippen molar-refractivity contribution in [1.82, 2.24) is 15.0 Å². The summed E-state index contributed by atoms with van der Waals surface area (Å²) in [6.07, 6.45) is 3.30. The van der Waals surface area contributed by atoms with Crippen molar-refractivity contribution in [2.24, 2.45) is 5.10 Å². The molecular weight excluding hydrogens is 354 g/mol. The van der Waals surface area contributed by atoms with Gasteiger partial charge in [-0.3, -0.25) is 4.79 Å². The Balaban J connectivity index is 1.61. The summed E-state index contributed by atoms with van der Waals surface area (Å²) in [5, 5.41) is 13.2. The molecule has 146 valence electrons. The highest BCUT2D eigenvalue weighted by atomic mass is 16.3. The molecule has 1 amide bonds. The van der Waals surface area contributed by atoms with E-state index < -0.39 is 0 Å². The number of hydrogen-bond acceptors (Lipinski definition) is 5. The number of carbonyl (C=O) groups is 1. The second-order valence-corrected chi connectivity index (χ2v) is 6.50. The van der Waals surface area contributed by atoms with Crippen molar-refractivity contribution in [1.29, 1.82) is 0 Å². The lowest BCUT2D eigenvalue weighted by Gasteiger charge is -2.22. The third-order valence-corrected chi connectivity index (χ3v) is 4.60. The van der Waals surface area contributed by atoms with Crippen molar-refractivity contribution in [2.45, 2.75) is 20.4 Å². The standard InChI is InChI=1S/C21H25N5O2/c1-3-25(10-11-27)18-9-8-17(16(2)12-18)13-23-24-21(28)14-26-15-22-19-6-4-5-7-20(19)26/h4-9,12-13,15,27H,3,10-11,14H2,1-2H3,(H,24,28)/b23-13-. The number of rotatable bonds is 8. The molecule has 28 heavy (non-hydrogen) atoms. The van der Waals surface area contributed by atoms with Crippen LogP contribution in [0.1, 0.15) is 18.1 Å². The Morgan fingerprint density at radius 3 is 2.89 bits per heavy atom. The highest BCUT2D eigenvalue weighted by Crippen LogP contribution is 2.18. The third kappa shape index (κ3) is 4.55. The highest BCUT2D eigenvalue weighted by Gasteiger charge is 2.07. The first-order chi connectivity index (χ1) is 13.6. The number of para-hydroxylation sites is 2. The molecule has 7 nitrogen and oxygen atoms in total. The van der Waals surface area contributed by atoms with E-state index in [0.29, 0.717) is 6.54 Å². The van der Waals surface area contributed by atoms with Crippen molar-refractivity contribution in [2.75, 3.05) is 24.6 Å². The molecule has 0 bridgehead atoms. The lowest BCUT2D eigenvalue weighted by molar-refractivity contribution is -0.121. The van der Waals surface area contributed by atoms with Crippen molar-refractivity contribution in [3.63, 3.8) is 0 Å². The van der Waals surface area contributed by atoms with Gasteiger partial charge in [-0.05, 0) is 49.2 Å². The summed E-state index contributed by atoms with van der Waals surface area (Å²) < 4.78 is 1.79. The topological polar surface area (TPSA) is 82.8 Å². The van der Waals surface area contributed by atoms with Gasteiger partial charge in [0.05, 0.1) is 30.2 Å². The fourth-order valence-corrected chi connectivity index (χ4v) is 3.09. The van der Waals surface area contributed by atoms with Crippen molar-refractivity contribution >= 4 is 28.8 Å². The van der Waals surface area contributed by atoms with E-state index in [2.05, 4.69) is 33.4 Å². The lowest BCUT2D eigenvalue weighted by Crippen LogP contribution is -2.26. The SMILES string of the molecule is CCN(CCO)c1ccc(/C=N\NC(=O)Cn2cnc3ccccc32)c(C)c1. The first-order valence-electron chi connectivity index (χ1n) is 9.30. The Morgan fingerprint density at radius 1 is 1.32 bits per heavy atom. The minimum absolute atomic E-state index is 0.119. The molecule has 0 saturated carbocycles. The lowest BCUT2D eigenvalue weighted by atomic mass is 10.1. The number of nitrogens with zero attached hydrogens (tertiary/aromatic N) is 4. The van der Waals surface area contributed by atoms with Crippen molar-refractivity contribution in [3.05, 3.63) is 59.9 Å². The van der Waals surface area contributed by atoms with Crippen LogP contribution in [0.25, 0.3) is 11.0 Å². The van der Waals surface area contributed by atoms with Crippen molar-refractivity contribution < 1.29 is 9.90 Å². The molecule has 0 atom stereocenters. The van der Waals surface area contributed by atoms with Gasteiger partial charge in [-0.2, -0.15) is 5.10 Å². The number of hydrazone groups is 1. The number of aliphatic hydroxyl groups is 1. The van der Waals surface area contributed by atoms with E-state index in [1.807, 2.05) is 43.3 Å². The predicted octanol–water partition coefficient (Wildman–Crippen LogP) is 2.31. The Bertz CT molecular complexity index is 980. The molecule has 7 heteroatoms. The molecule has 3 aromatic rings. The first-order valence-corrected chi connectivity index (χ1v) is 9.30. The summed E-state index contributed by atoms with van der Waals surface area (Å²) >= 11 is 0. The molecule has 0 aliphatic rings. The fraction of sp³-hybridized carbons (Fsp3) is 0.286. The molecule has 1 aromatic heterocycles. The number of aliphatic hydroxyl groups excluding tert-OH is 1. The number of carbonyl (C=O) groups excluding carboxylic acids is 1. The number of amides is 1. The van der Waals surface area contributed by atoms with Crippen LogP contribution in [0.5, 0.6) is 0 Å². The minimum atomic E-state index is -0.214. The molecule has 0 spiro atoms. The van der Waals surface area contributed by atoms with Gasteiger partial charge in [-0.25, -0.2) is 10.4 Å². The number of aromatic nitrogens is 2. The average molecular weight is 379 g/mol. The monoisotopic (exact) mass is 379 g/mol. The van der Waals surface area contributed by atoms with E-state index in [-0.39, 0.29) is 19.1 Å². The highest BCUT2D eigenvalue weighted by molar-refractivity contribution is 5.85. The molecule has 0 unspecified atom stereocenters. The Hall–Kier alpha value is -3.19. The summed E-state index contributed by atoms with van der Waals surface area (Å²) in [5.41, 5.74) is 7.37. The average Bonchev–Trinajstić information content (AvgIpc) is 3.10. The van der Waals surface area contributed by atoms with E-state index in [1.54, 1.807) is 17.1 Å². The normalized spacial score (nSPS) is 11.2. The van der Waals surface area contributed by atoms with Gasteiger partial charge in [-0.1, -0.05) is 18.2 Å². The van der Waals surface area contributed by atoms with Crippen LogP contribution in [0.15, 0.2) is 53.9 Å². The second kappa shape index (κ2) is 9.14. The van der Waals surface area contributed by atoms with Gasteiger partial charge in [-0.15, -0.1) is 0 Å². The van der Waals surface area contributed by atoms with E-state index in [0.717, 1.165) is 34.4 Å². The Kier molecular flexibility index (Phi) is 6.39. The van der Waals surface area contributed by atoms with Crippen LogP contribution in [0.3, 0.4) is 0 Å². The number of likely N-dealkylation sites (N-methyl/N-ethyl adjacent to an activating group) is 1. The summed E-state index contributed by atoms with van der Waals surface area (Å²) in [4.78, 5) is 18.6. The molecule has 0 aliphatic heterocycles. The molecule has 0 aliphatic carbocycles. The van der Waals surface area contributed by atoms with Gasteiger partial charge in [0, 0.05) is 18.8 Å². The fourth-order valence-electron chi connectivity index (χ4n) is 3.09. The Labute approximate surface area is 164 Å². The summed E-state index contributed by atoms with van der Waals surface area (Å²) in [5.74, 6) is -0.214. The largest absolute Gasteiger partial charge is 0.395 e. The van der Waals surface area contributed by atoms with Crippen LogP contribution < -0.4 is 10.3 Å². The molecule has 1 heterocycles. The van der Waals surface area contributed by atoms with Gasteiger partial charge >= 0.3 is 0 Å². The summed E-state index contributed by atoms with van der Waals surface area (Å²) in [6.45, 7) is 5.75. The van der Waals surface area contributed by atoms with E-state index >= 15 is 0 Å². The van der Waals surface area contributed by atoms with E-state index in [4.69, 9.17) is 5.11 Å². The maximum atomic E-state index is 12.2. The number of fused-ring (bicyclic) bond motifs is 1. The number of hydrogen-bond donors (Lipinski definition) is 2. The number of anilines is 1. The van der Waals surface area contributed by atoms with Crippen molar-refractivity contribution in [3.8, 4) is 0 Å². The van der Waals surface area contributed by atoms with E-state index in [1.165, 1.54) is 0 Å². The molecule has 0 fully saturated rings. The number of benzene rings is 2. The quantitative estimate of drug-likeness (QED) is 0.465. The van der Waals surface area contributed by atoms with Gasteiger partial charge < -0.3 is 14.6 Å². The number of imidazole rings is 1. The van der Waals surface area contributed by atoms with Crippen LogP contribution in [-0.4, -0.2) is 46.5 Å². The van der Waals surface area contributed by atoms with Crippen LogP contribution in [0.4, 0.5) is 5.69 Å². The molecule has 2 N–H and O–H groups in total. The Morgan fingerprint density at radius 2 is 2.14 bits per heavy atom. The molecule has 0 radical (unpaired) electrons. The van der Waals surface area contributed by atoms with Crippen LogP contribution >= 0.6 is 0 Å². The molecular formula is C21H25N5O2. The maximum Gasteiger partial charge on any atom is 0.260 e. The third-order valence-electron chi connectivity index (χ3n) is 4.60. The summed E-state index contributed by atoms with van der Waals surface area (Å²) in [7, 11) is 0. The van der Waals surface area contributed by atoms with E-state index in [9.17, 15) is 4.79 Å². The zero-order valence-electron chi connectivity index (χ0n) is 16.2. The molecule has 2 aromatic carbocycles.